The van der Waals surface area contributed by atoms with Gasteiger partial charge in [0, 0.05) is 53.8 Å². The molecule has 2 saturated carbocycles. The summed E-state index contributed by atoms with van der Waals surface area (Å²) in [4.78, 5) is 16.0. The lowest BCUT2D eigenvalue weighted by atomic mass is 9.68. The molecule has 5 atom stereocenters. The highest BCUT2D eigenvalue weighted by molar-refractivity contribution is 7.95. The van der Waals surface area contributed by atoms with Crippen molar-refractivity contribution in [2.24, 2.45) is 17.8 Å². The molecule has 1 spiro atoms. The number of benzene rings is 2. The quantitative estimate of drug-likeness (QED) is 0.298. The van der Waals surface area contributed by atoms with Gasteiger partial charge in [0.05, 0.1) is 18.4 Å². The van der Waals surface area contributed by atoms with Gasteiger partial charge in [-0.15, -0.1) is 0 Å². The zero-order chi connectivity index (χ0) is 28.8. The maximum Gasteiger partial charge on any atom is 0.262 e. The van der Waals surface area contributed by atoms with Gasteiger partial charge in [0.25, 0.3) is 5.91 Å². The normalized spacial score (nSPS) is 32.5. The van der Waals surface area contributed by atoms with Crippen LogP contribution in [0.1, 0.15) is 73.4 Å². The van der Waals surface area contributed by atoms with Crippen molar-refractivity contribution in [2.75, 3.05) is 31.1 Å². The summed E-state index contributed by atoms with van der Waals surface area (Å²) in [5.41, 5.74) is 4.13. The molecule has 2 aromatic carbocycles. The number of aliphatic hydroxyl groups is 1. The van der Waals surface area contributed by atoms with E-state index in [-0.39, 0.29) is 23.3 Å². The van der Waals surface area contributed by atoms with Crippen LogP contribution >= 0.6 is 23.7 Å². The Morgan fingerprint density at radius 1 is 1.17 bits per heavy atom. The molecule has 0 saturated heterocycles. The maximum atomic E-state index is 13.5. The number of hydrogen-bond acceptors (Lipinski definition) is 6. The van der Waals surface area contributed by atoms with Crippen molar-refractivity contribution < 1.29 is 14.6 Å². The minimum Gasteiger partial charge on any atom is -0.490 e. The standard InChI is InChI=1S/C34H42ClN3O3S/c1-22-4-2-6-31(39)28-12-9-26(28)19-37-20-34(15-3-5-24-16-27(35)11-13-29(24)34)21-41-32-14-10-25(17-30(32)37)33(40)36-42-38(22)18-23-7-8-23/h2,6,10-11,13-14,16-17,22-23,26,28,31,39H,3-5,7-9,12,15,18-21H2,1H3,(H,36,40)/b6-2-/t22-,26-,28+,31-,34-/m0/s1. The van der Waals surface area contributed by atoms with Crippen LogP contribution in [0, 0.1) is 17.8 Å². The smallest absolute Gasteiger partial charge is 0.262 e. The molecule has 0 unspecified atom stereocenters. The first-order chi connectivity index (χ1) is 20.4. The molecular weight excluding hydrogens is 566 g/mol. The second-order valence-electron chi connectivity index (χ2n) is 13.4. The van der Waals surface area contributed by atoms with E-state index in [0.717, 1.165) is 74.6 Å². The van der Waals surface area contributed by atoms with Crippen molar-refractivity contribution >= 4 is 35.3 Å². The number of nitrogens with one attached hydrogen (secondary N) is 1. The van der Waals surface area contributed by atoms with E-state index >= 15 is 0 Å². The molecule has 2 heterocycles. The second kappa shape index (κ2) is 11.7. The molecule has 3 aliphatic carbocycles. The Bertz CT molecular complexity index is 1370. The van der Waals surface area contributed by atoms with Crippen molar-refractivity contribution in [1.82, 2.24) is 9.03 Å². The van der Waals surface area contributed by atoms with E-state index < -0.39 is 6.10 Å². The monoisotopic (exact) mass is 607 g/mol. The summed E-state index contributed by atoms with van der Waals surface area (Å²) >= 11 is 7.85. The van der Waals surface area contributed by atoms with Gasteiger partial charge in [0.15, 0.2) is 0 Å². The molecular formula is C34H42ClN3O3S. The maximum absolute atomic E-state index is 13.5. The van der Waals surface area contributed by atoms with Crippen LogP contribution in [0.25, 0.3) is 0 Å². The van der Waals surface area contributed by atoms with Gasteiger partial charge < -0.3 is 14.7 Å². The Morgan fingerprint density at radius 3 is 2.86 bits per heavy atom. The summed E-state index contributed by atoms with van der Waals surface area (Å²) in [6, 6.07) is 12.5. The number of nitrogens with zero attached hydrogens (tertiary/aromatic N) is 2. The first kappa shape index (κ1) is 28.6. The summed E-state index contributed by atoms with van der Waals surface area (Å²) in [5.74, 6) is 2.09. The van der Waals surface area contributed by atoms with E-state index in [1.807, 2.05) is 30.3 Å². The lowest BCUT2D eigenvalue weighted by Crippen LogP contribution is -2.49. The minimum atomic E-state index is -0.436. The van der Waals surface area contributed by atoms with Gasteiger partial charge in [-0.1, -0.05) is 29.8 Å². The highest BCUT2D eigenvalue weighted by Gasteiger charge is 2.44. The Balaban J connectivity index is 1.24. The van der Waals surface area contributed by atoms with E-state index in [4.69, 9.17) is 16.3 Å². The molecule has 0 radical (unpaired) electrons. The molecule has 6 nitrogen and oxygen atoms in total. The second-order valence-corrected chi connectivity index (χ2v) is 14.6. The number of rotatable bonds is 2. The van der Waals surface area contributed by atoms with Crippen LogP contribution in [-0.2, 0) is 11.8 Å². The molecule has 5 aliphatic rings. The molecule has 8 heteroatoms. The van der Waals surface area contributed by atoms with E-state index in [9.17, 15) is 9.90 Å². The molecule has 2 bridgehead atoms. The van der Waals surface area contributed by atoms with Gasteiger partial charge in [-0.05, 0) is 118 Å². The van der Waals surface area contributed by atoms with E-state index in [1.54, 1.807) is 0 Å². The Morgan fingerprint density at radius 2 is 2.05 bits per heavy atom. The molecule has 2 N–H and O–H groups in total. The van der Waals surface area contributed by atoms with E-state index in [1.165, 1.54) is 36.1 Å². The lowest BCUT2D eigenvalue weighted by Gasteiger charge is -2.45. The average molecular weight is 608 g/mol. The number of amides is 1. The van der Waals surface area contributed by atoms with Crippen molar-refractivity contribution in [3.8, 4) is 5.75 Å². The largest absolute Gasteiger partial charge is 0.490 e. The lowest BCUT2D eigenvalue weighted by molar-refractivity contribution is 0.0455. The fourth-order valence-corrected chi connectivity index (χ4v) is 8.57. The predicted octanol–water partition coefficient (Wildman–Crippen LogP) is 6.55. The number of halogens is 1. The number of carbonyl (C=O) groups excluding carboxylic acids is 1. The summed E-state index contributed by atoms with van der Waals surface area (Å²) in [5, 5.41) is 12.0. The van der Waals surface area contributed by atoms with Gasteiger partial charge in [-0.25, -0.2) is 4.31 Å². The number of hydrogen-bond donors (Lipinski definition) is 2. The van der Waals surface area contributed by atoms with Gasteiger partial charge in [-0.3, -0.25) is 9.52 Å². The molecule has 1 amide bonds. The van der Waals surface area contributed by atoms with Crippen LogP contribution < -0.4 is 14.4 Å². The van der Waals surface area contributed by atoms with Gasteiger partial charge >= 0.3 is 0 Å². The SMILES string of the molecule is C[C@H]1C/C=C\[C@H](O)[C@@H]2CC[C@H]2CN2C[C@@]3(CCCc4cc(Cl)ccc43)COc3ccc(cc32)C(=O)NSN1CC1CC1. The third-order valence-corrected chi connectivity index (χ3v) is 11.6. The van der Waals surface area contributed by atoms with Crippen LogP contribution in [0.15, 0.2) is 48.6 Å². The number of fused-ring (bicyclic) bond motifs is 4. The zero-order valence-electron chi connectivity index (χ0n) is 24.4. The molecule has 2 aliphatic heterocycles. The number of anilines is 1. The molecule has 42 heavy (non-hydrogen) atoms. The van der Waals surface area contributed by atoms with Crippen LogP contribution in [0.2, 0.25) is 5.02 Å². The fourth-order valence-electron chi connectivity index (χ4n) is 7.51. The van der Waals surface area contributed by atoms with Crippen molar-refractivity contribution in [1.29, 1.82) is 0 Å². The van der Waals surface area contributed by atoms with Gasteiger partial charge in [0.1, 0.15) is 5.75 Å². The average Bonchev–Trinajstić information content (AvgIpc) is 3.80. The molecule has 7 rings (SSSR count). The van der Waals surface area contributed by atoms with Crippen LogP contribution in [0.4, 0.5) is 5.69 Å². The number of carbonyl (C=O) groups is 1. The highest BCUT2D eigenvalue weighted by atomic mass is 35.5. The minimum absolute atomic E-state index is 0.0769. The fraction of sp³-hybridized carbons (Fsp3) is 0.559. The topological polar surface area (TPSA) is 65.0 Å². The van der Waals surface area contributed by atoms with Crippen LogP contribution in [-0.4, -0.2) is 53.7 Å². The highest BCUT2D eigenvalue weighted by Crippen LogP contribution is 2.47. The third kappa shape index (κ3) is 5.70. The number of aliphatic hydroxyl groups excluding tert-OH is 1. The van der Waals surface area contributed by atoms with Crippen LogP contribution in [0.3, 0.4) is 0 Å². The first-order valence-electron chi connectivity index (χ1n) is 15.8. The van der Waals surface area contributed by atoms with E-state index in [2.05, 4.69) is 39.1 Å². The molecule has 2 fully saturated rings. The van der Waals surface area contributed by atoms with Crippen LogP contribution in [0.5, 0.6) is 5.75 Å². The summed E-state index contributed by atoms with van der Waals surface area (Å²) < 4.78 is 12.1. The van der Waals surface area contributed by atoms with Crippen molar-refractivity contribution in [3.05, 3.63) is 70.3 Å². The van der Waals surface area contributed by atoms with E-state index in [0.29, 0.717) is 24.0 Å². The third-order valence-electron chi connectivity index (χ3n) is 10.4. The Kier molecular flexibility index (Phi) is 7.97. The van der Waals surface area contributed by atoms with Gasteiger partial charge in [-0.2, -0.15) is 0 Å². The van der Waals surface area contributed by atoms with Crippen molar-refractivity contribution in [3.63, 3.8) is 0 Å². The summed E-state index contributed by atoms with van der Waals surface area (Å²) in [7, 11) is 0. The predicted molar refractivity (Wildman–Crippen MR) is 170 cm³/mol. The summed E-state index contributed by atoms with van der Waals surface area (Å²) in [6.07, 6.45) is 12.4. The van der Waals surface area contributed by atoms with Crippen molar-refractivity contribution in [2.45, 2.75) is 75.9 Å². The zero-order valence-corrected chi connectivity index (χ0v) is 26.0. The van der Waals surface area contributed by atoms with Gasteiger partial charge in [0.2, 0.25) is 0 Å². The Hall–Kier alpha value is -2.19. The number of ether oxygens (including phenoxy) is 1. The molecule has 2 aromatic rings. The summed E-state index contributed by atoms with van der Waals surface area (Å²) in [6.45, 7) is 5.42. The number of aryl methyl sites for hydroxylation is 1. The Labute approximate surface area is 259 Å². The molecule has 224 valence electrons. The first-order valence-corrected chi connectivity index (χ1v) is 16.9. The molecule has 0 aromatic heterocycles.